The summed E-state index contributed by atoms with van der Waals surface area (Å²) in [4.78, 5) is 11.2. The van der Waals surface area contributed by atoms with Gasteiger partial charge in [0, 0.05) is 6.08 Å². The van der Waals surface area contributed by atoms with Crippen LogP contribution in [0, 0.1) is 17.8 Å². The topological polar surface area (TPSA) is 46.5 Å². The maximum atomic E-state index is 13.4. The molecule has 4 saturated carbocycles. The van der Waals surface area contributed by atoms with Crippen LogP contribution in [0.2, 0.25) is 18.1 Å². The maximum Gasteiger partial charge on any atom is 0.416 e. The SMILES string of the molecule is CC(C)(C)[Si](C)(C)Oc1cc(CC/C=C(/C=CC(=O)O)c2cccc(C(F)(F)F)c2)ccc1C12CC3CC(CC(C3)C1)C2. The first-order valence-electron chi connectivity index (χ1n) is 15.7. The first kappa shape index (κ1) is 31.6. The fourth-order valence-corrected chi connectivity index (χ4v) is 8.85. The van der Waals surface area contributed by atoms with Crippen molar-refractivity contribution in [3.63, 3.8) is 0 Å². The number of hydrogen-bond donors (Lipinski definition) is 1. The van der Waals surface area contributed by atoms with Crippen molar-refractivity contribution < 1.29 is 27.5 Å². The van der Waals surface area contributed by atoms with Crippen LogP contribution in [-0.2, 0) is 22.8 Å². The summed E-state index contributed by atoms with van der Waals surface area (Å²) < 4.78 is 47.2. The van der Waals surface area contributed by atoms with Gasteiger partial charge in [-0.15, -0.1) is 0 Å². The van der Waals surface area contributed by atoms with E-state index in [2.05, 4.69) is 52.1 Å². The second-order valence-electron chi connectivity index (χ2n) is 14.8. The maximum absolute atomic E-state index is 13.4. The van der Waals surface area contributed by atoms with E-state index in [1.54, 1.807) is 6.07 Å². The summed E-state index contributed by atoms with van der Waals surface area (Å²) in [5.41, 5.74) is 2.73. The highest BCUT2D eigenvalue weighted by molar-refractivity contribution is 6.74. The zero-order valence-electron chi connectivity index (χ0n) is 26.1. The number of carbonyl (C=O) groups is 1. The summed E-state index contributed by atoms with van der Waals surface area (Å²) in [7, 11) is -2.12. The highest BCUT2D eigenvalue weighted by atomic mass is 28.4. The first-order chi connectivity index (χ1) is 20.0. The first-order valence-corrected chi connectivity index (χ1v) is 18.6. The Bertz CT molecular complexity index is 1380. The van der Waals surface area contributed by atoms with Gasteiger partial charge in [0.1, 0.15) is 5.75 Å². The number of allylic oxidation sites excluding steroid dienone is 3. The van der Waals surface area contributed by atoms with Gasteiger partial charge in [0.25, 0.3) is 0 Å². The molecule has 0 radical (unpaired) electrons. The summed E-state index contributed by atoms with van der Waals surface area (Å²) in [5, 5.41) is 9.24. The summed E-state index contributed by atoms with van der Waals surface area (Å²) in [5.74, 6) is 2.35. The van der Waals surface area contributed by atoms with Gasteiger partial charge in [-0.1, -0.05) is 51.1 Å². The van der Waals surface area contributed by atoms with Crippen molar-refractivity contribution in [3.8, 4) is 5.75 Å². The molecule has 0 unspecified atom stereocenters. The van der Waals surface area contributed by atoms with E-state index in [0.717, 1.165) is 47.3 Å². The number of benzene rings is 2. The van der Waals surface area contributed by atoms with Gasteiger partial charge in [-0.3, -0.25) is 0 Å². The van der Waals surface area contributed by atoms with E-state index >= 15 is 0 Å². The molecule has 0 spiro atoms. The van der Waals surface area contributed by atoms with E-state index < -0.39 is 26.0 Å². The average Bonchev–Trinajstić information content (AvgIpc) is 2.88. The van der Waals surface area contributed by atoms with Gasteiger partial charge in [-0.25, -0.2) is 4.79 Å². The van der Waals surface area contributed by atoms with E-state index in [4.69, 9.17) is 4.43 Å². The number of rotatable bonds is 9. The van der Waals surface area contributed by atoms with Crippen molar-refractivity contribution in [1.82, 2.24) is 0 Å². The van der Waals surface area contributed by atoms with Crippen LogP contribution >= 0.6 is 0 Å². The quantitative estimate of drug-likeness (QED) is 0.175. The largest absolute Gasteiger partial charge is 0.543 e. The standard InChI is InChI=1S/C36H45F3O3Si/c1-34(2,3)43(4,5)42-32-19-24(12-14-31(32)35-21-25-16-26(22-35)18-27(17-25)23-35)8-6-9-28(13-15-33(40)41)29-10-7-11-30(20-29)36(37,38)39/h7,9-15,19-20,25-27H,6,8,16-18,21-23H2,1-5H3,(H,40,41)/b15-13?,28-9-. The number of carboxylic acid groups (broad SMARTS) is 1. The summed E-state index contributed by atoms with van der Waals surface area (Å²) in [6, 6.07) is 11.8. The molecule has 1 N–H and O–H groups in total. The fourth-order valence-electron chi connectivity index (χ4n) is 7.83. The molecule has 0 amide bonds. The van der Waals surface area contributed by atoms with Crippen LogP contribution in [0.15, 0.2) is 60.7 Å². The van der Waals surface area contributed by atoms with E-state index in [-0.39, 0.29) is 10.5 Å². The molecule has 0 aliphatic heterocycles. The molecule has 0 aromatic heterocycles. The molecule has 4 aliphatic rings. The Hall–Kier alpha value is -2.80. The van der Waals surface area contributed by atoms with Crippen LogP contribution in [0.25, 0.3) is 5.57 Å². The normalized spacial score (nSPS) is 25.9. The smallest absolute Gasteiger partial charge is 0.416 e. The molecule has 0 saturated heterocycles. The zero-order valence-corrected chi connectivity index (χ0v) is 27.1. The molecular weight excluding hydrogens is 565 g/mol. The van der Waals surface area contributed by atoms with Crippen LogP contribution in [0.4, 0.5) is 13.2 Å². The second-order valence-corrected chi connectivity index (χ2v) is 19.6. The molecule has 4 bridgehead atoms. The predicted octanol–water partition coefficient (Wildman–Crippen LogP) is 10.2. The molecular formula is C36H45F3O3Si. The van der Waals surface area contributed by atoms with E-state index in [9.17, 15) is 23.1 Å². The zero-order chi connectivity index (χ0) is 31.2. The van der Waals surface area contributed by atoms with Crippen molar-refractivity contribution in [2.45, 2.75) is 102 Å². The molecule has 2 aromatic carbocycles. The van der Waals surface area contributed by atoms with Gasteiger partial charge in [0.15, 0.2) is 0 Å². The minimum Gasteiger partial charge on any atom is -0.543 e. The monoisotopic (exact) mass is 610 g/mol. The lowest BCUT2D eigenvalue weighted by Crippen LogP contribution is -2.49. The van der Waals surface area contributed by atoms with Gasteiger partial charge in [0.05, 0.1) is 5.56 Å². The lowest BCUT2D eigenvalue weighted by atomic mass is 9.48. The van der Waals surface area contributed by atoms with Gasteiger partial charge >= 0.3 is 12.1 Å². The van der Waals surface area contributed by atoms with E-state index in [0.29, 0.717) is 24.0 Å². The van der Waals surface area contributed by atoms with E-state index in [1.807, 2.05) is 6.08 Å². The molecule has 232 valence electrons. The lowest BCUT2D eigenvalue weighted by Gasteiger charge is -2.57. The third-order valence-electron chi connectivity index (χ3n) is 10.6. The highest BCUT2D eigenvalue weighted by Gasteiger charge is 2.53. The Morgan fingerprint density at radius 1 is 0.977 bits per heavy atom. The van der Waals surface area contributed by atoms with Gasteiger partial charge in [0.2, 0.25) is 8.32 Å². The van der Waals surface area contributed by atoms with Crippen LogP contribution < -0.4 is 4.43 Å². The summed E-state index contributed by atoms with van der Waals surface area (Å²) in [6.07, 6.45) is 8.82. The number of carboxylic acids is 1. The lowest BCUT2D eigenvalue weighted by molar-refractivity contribution is -0.137. The molecule has 0 heterocycles. The van der Waals surface area contributed by atoms with Gasteiger partial charge < -0.3 is 9.53 Å². The average molecular weight is 611 g/mol. The molecule has 0 atom stereocenters. The Morgan fingerprint density at radius 2 is 1.60 bits per heavy atom. The third-order valence-corrected chi connectivity index (χ3v) is 14.9. The molecule has 6 rings (SSSR count). The van der Waals surface area contributed by atoms with Crippen molar-refractivity contribution in [2.75, 3.05) is 0 Å². The third kappa shape index (κ3) is 6.97. The molecule has 4 aliphatic carbocycles. The summed E-state index contributed by atoms with van der Waals surface area (Å²) >= 11 is 0. The van der Waals surface area contributed by atoms with Crippen molar-refractivity contribution in [3.05, 3.63) is 82.9 Å². The highest BCUT2D eigenvalue weighted by Crippen LogP contribution is 2.62. The Balaban J connectivity index is 1.45. The molecule has 3 nitrogen and oxygen atoms in total. The van der Waals surface area contributed by atoms with Crippen LogP contribution in [0.1, 0.15) is 88.0 Å². The molecule has 4 fully saturated rings. The second kappa shape index (κ2) is 11.6. The van der Waals surface area contributed by atoms with Crippen molar-refractivity contribution >= 4 is 19.9 Å². The van der Waals surface area contributed by atoms with Gasteiger partial charge in [-0.2, -0.15) is 13.2 Å². The Labute approximate surface area is 255 Å². The Kier molecular flexibility index (Phi) is 8.53. The predicted molar refractivity (Wildman–Crippen MR) is 169 cm³/mol. The number of hydrogen-bond acceptors (Lipinski definition) is 2. The van der Waals surface area contributed by atoms with E-state index in [1.165, 1.54) is 56.2 Å². The molecule has 2 aromatic rings. The number of halogens is 3. The number of aliphatic carboxylic acids is 1. The number of aryl methyl sites for hydroxylation is 1. The fraction of sp³-hybridized carbons (Fsp3) is 0.528. The van der Waals surface area contributed by atoms with Crippen molar-refractivity contribution in [1.29, 1.82) is 0 Å². The summed E-state index contributed by atoms with van der Waals surface area (Å²) in [6.45, 7) is 11.4. The van der Waals surface area contributed by atoms with Crippen LogP contribution in [-0.4, -0.2) is 19.4 Å². The van der Waals surface area contributed by atoms with Crippen LogP contribution in [0.3, 0.4) is 0 Å². The minimum absolute atomic E-state index is 0.0564. The molecule has 7 heteroatoms. The van der Waals surface area contributed by atoms with Crippen molar-refractivity contribution in [2.24, 2.45) is 17.8 Å². The van der Waals surface area contributed by atoms with Crippen LogP contribution in [0.5, 0.6) is 5.75 Å². The number of alkyl halides is 3. The molecule has 43 heavy (non-hydrogen) atoms. The Morgan fingerprint density at radius 3 is 2.16 bits per heavy atom. The van der Waals surface area contributed by atoms with Gasteiger partial charge in [-0.05, 0) is 139 Å². The minimum atomic E-state index is -4.48.